The van der Waals surface area contributed by atoms with Crippen LogP contribution in [-0.4, -0.2) is 24.8 Å². The molecule has 2 atom stereocenters. The van der Waals surface area contributed by atoms with Crippen molar-refractivity contribution in [2.45, 2.75) is 32.5 Å². The van der Waals surface area contributed by atoms with E-state index >= 15 is 0 Å². The maximum atomic E-state index is 10.8. The monoisotopic (exact) mass is 170 g/mol. The van der Waals surface area contributed by atoms with Gasteiger partial charge in [0.2, 0.25) is 0 Å². The smallest absolute Gasteiger partial charge is 0.330 e. The maximum Gasteiger partial charge on any atom is 0.330 e. The first-order chi connectivity index (χ1) is 5.77. The summed E-state index contributed by atoms with van der Waals surface area (Å²) in [5, 5.41) is 0. The van der Waals surface area contributed by atoms with Gasteiger partial charge in [0.05, 0.1) is 12.7 Å². The van der Waals surface area contributed by atoms with Gasteiger partial charge in [0.1, 0.15) is 6.10 Å². The van der Waals surface area contributed by atoms with Crippen LogP contribution in [0.2, 0.25) is 0 Å². The quantitative estimate of drug-likeness (QED) is 0.362. The number of hydrogen-bond acceptors (Lipinski definition) is 3. The van der Waals surface area contributed by atoms with Crippen LogP contribution >= 0.6 is 0 Å². The van der Waals surface area contributed by atoms with Gasteiger partial charge < -0.3 is 9.47 Å². The summed E-state index contributed by atoms with van der Waals surface area (Å²) in [4.78, 5) is 10.8. The lowest BCUT2D eigenvalue weighted by molar-refractivity contribution is -0.137. The standard InChI is InChI=1S/C9H14O3/c1-3-7-8(12-7)5-6-9(10)11-4-2/h5-8H,3-4H2,1-2H3/b6-5+/t7-,8-/m1/s1. The Morgan fingerprint density at radius 2 is 2.33 bits per heavy atom. The molecule has 0 unspecified atom stereocenters. The number of esters is 1. The van der Waals surface area contributed by atoms with Crippen LogP contribution in [0.25, 0.3) is 0 Å². The number of carbonyl (C=O) groups is 1. The summed E-state index contributed by atoms with van der Waals surface area (Å²) in [7, 11) is 0. The number of rotatable bonds is 4. The molecule has 1 aliphatic rings. The highest BCUT2D eigenvalue weighted by Crippen LogP contribution is 2.25. The minimum atomic E-state index is -0.289. The minimum Gasteiger partial charge on any atom is -0.463 e. The first-order valence-corrected chi connectivity index (χ1v) is 4.28. The van der Waals surface area contributed by atoms with Gasteiger partial charge in [-0.25, -0.2) is 4.79 Å². The summed E-state index contributed by atoms with van der Waals surface area (Å²) >= 11 is 0. The topological polar surface area (TPSA) is 38.8 Å². The van der Waals surface area contributed by atoms with E-state index in [1.807, 2.05) is 0 Å². The Bertz CT molecular complexity index is 186. The van der Waals surface area contributed by atoms with Gasteiger partial charge in [0.15, 0.2) is 0 Å². The third-order valence-corrected chi connectivity index (χ3v) is 1.73. The van der Waals surface area contributed by atoms with Crippen molar-refractivity contribution in [3.8, 4) is 0 Å². The van der Waals surface area contributed by atoms with Crippen LogP contribution in [0.1, 0.15) is 20.3 Å². The van der Waals surface area contributed by atoms with Crippen molar-refractivity contribution in [2.24, 2.45) is 0 Å². The van der Waals surface area contributed by atoms with Gasteiger partial charge in [-0.15, -0.1) is 0 Å². The molecule has 0 radical (unpaired) electrons. The molecule has 3 heteroatoms. The van der Waals surface area contributed by atoms with Crippen molar-refractivity contribution in [2.75, 3.05) is 6.61 Å². The molecule has 3 nitrogen and oxygen atoms in total. The summed E-state index contributed by atoms with van der Waals surface area (Å²) in [5.41, 5.74) is 0. The molecule has 0 aromatic rings. The summed E-state index contributed by atoms with van der Waals surface area (Å²) in [6.45, 7) is 4.27. The van der Waals surface area contributed by atoms with Crippen LogP contribution < -0.4 is 0 Å². The summed E-state index contributed by atoms with van der Waals surface area (Å²) in [6.07, 6.45) is 4.64. The van der Waals surface area contributed by atoms with Crippen LogP contribution in [0.4, 0.5) is 0 Å². The minimum absolute atomic E-state index is 0.138. The fraction of sp³-hybridized carbons (Fsp3) is 0.667. The van der Waals surface area contributed by atoms with E-state index in [0.29, 0.717) is 12.7 Å². The predicted octanol–water partition coefficient (Wildman–Crippen LogP) is 1.28. The lowest BCUT2D eigenvalue weighted by atomic mass is 10.2. The van der Waals surface area contributed by atoms with Gasteiger partial charge in [0.25, 0.3) is 0 Å². The Hall–Kier alpha value is -0.830. The number of hydrogen-bond donors (Lipinski definition) is 0. The second-order valence-electron chi connectivity index (χ2n) is 2.66. The average Bonchev–Trinajstić information content (AvgIpc) is 2.80. The van der Waals surface area contributed by atoms with Crippen molar-refractivity contribution in [1.29, 1.82) is 0 Å². The fourth-order valence-corrected chi connectivity index (χ4v) is 1.02. The molecule has 0 aliphatic carbocycles. The first-order valence-electron chi connectivity index (χ1n) is 4.28. The summed E-state index contributed by atoms with van der Waals surface area (Å²) in [6, 6.07) is 0. The van der Waals surface area contributed by atoms with Crippen molar-refractivity contribution in [1.82, 2.24) is 0 Å². The summed E-state index contributed by atoms with van der Waals surface area (Å²) in [5.74, 6) is -0.289. The number of carbonyl (C=O) groups excluding carboxylic acids is 1. The molecule has 0 aromatic carbocycles. The normalized spacial score (nSPS) is 27.5. The van der Waals surface area contributed by atoms with Crippen LogP contribution in [0, 0.1) is 0 Å². The Labute approximate surface area is 72.4 Å². The molecule has 0 bridgehead atoms. The molecule has 1 aliphatic heterocycles. The van der Waals surface area contributed by atoms with E-state index in [2.05, 4.69) is 6.92 Å². The maximum absolute atomic E-state index is 10.8. The van der Waals surface area contributed by atoms with E-state index in [1.165, 1.54) is 6.08 Å². The lowest BCUT2D eigenvalue weighted by Crippen LogP contribution is -1.99. The lowest BCUT2D eigenvalue weighted by Gasteiger charge is -1.92. The van der Waals surface area contributed by atoms with Gasteiger partial charge in [-0.05, 0) is 19.4 Å². The largest absolute Gasteiger partial charge is 0.463 e. The fourth-order valence-electron chi connectivity index (χ4n) is 1.02. The SMILES string of the molecule is CCOC(=O)/C=C/[C@H]1O[C@@H]1CC. The Balaban J connectivity index is 2.18. The Kier molecular flexibility index (Phi) is 3.29. The van der Waals surface area contributed by atoms with Crippen molar-refractivity contribution < 1.29 is 14.3 Å². The van der Waals surface area contributed by atoms with Gasteiger partial charge in [-0.3, -0.25) is 0 Å². The van der Waals surface area contributed by atoms with E-state index in [-0.39, 0.29) is 12.1 Å². The molecule has 0 N–H and O–H groups in total. The first kappa shape index (κ1) is 9.26. The predicted molar refractivity (Wildman–Crippen MR) is 44.7 cm³/mol. The van der Waals surface area contributed by atoms with Crippen molar-refractivity contribution in [3.63, 3.8) is 0 Å². The van der Waals surface area contributed by atoms with E-state index in [0.717, 1.165) is 6.42 Å². The molecule has 0 spiro atoms. The average molecular weight is 170 g/mol. The molecule has 0 saturated carbocycles. The molecule has 68 valence electrons. The third-order valence-electron chi connectivity index (χ3n) is 1.73. The highest BCUT2D eigenvalue weighted by atomic mass is 16.6. The third kappa shape index (κ3) is 2.66. The van der Waals surface area contributed by atoms with Crippen molar-refractivity contribution >= 4 is 5.97 Å². The highest BCUT2D eigenvalue weighted by molar-refractivity contribution is 5.82. The molecule has 1 heterocycles. The Morgan fingerprint density at radius 1 is 1.58 bits per heavy atom. The van der Waals surface area contributed by atoms with Gasteiger partial charge in [-0.1, -0.05) is 6.92 Å². The van der Waals surface area contributed by atoms with Crippen LogP contribution in [-0.2, 0) is 14.3 Å². The van der Waals surface area contributed by atoms with E-state index in [4.69, 9.17) is 9.47 Å². The molecule has 1 fully saturated rings. The molecule has 1 saturated heterocycles. The molecule has 0 aromatic heterocycles. The zero-order valence-corrected chi connectivity index (χ0v) is 7.45. The van der Waals surface area contributed by atoms with Gasteiger partial charge in [0, 0.05) is 6.08 Å². The number of epoxide rings is 1. The highest BCUT2D eigenvalue weighted by Gasteiger charge is 2.34. The second-order valence-corrected chi connectivity index (χ2v) is 2.66. The molecular weight excluding hydrogens is 156 g/mol. The molecule has 12 heavy (non-hydrogen) atoms. The van der Waals surface area contributed by atoms with Crippen LogP contribution in [0.3, 0.4) is 0 Å². The van der Waals surface area contributed by atoms with E-state index in [9.17, 15) is 4.79 Å². The zero-order valence-electron chi connectivity index (χ0n) is 7.45. The van der Waals surface area contributed by atoms with E-state index < -0.39 is 0 Å². The summed E-state index contributed by atoms with van der Waals surface area (Å²) < 4.78 is 9.91. The molecular formula is C9H14O3. The van der Waals surface area contributed by atoms with Gasteiger partial charge in [-0.2, -0.15) is 0 Å². The van der Waals surface area contributed by atoms with Gasteiger partial charge >= 0.3 is 5.97 Å². The van der Waals surface area contributed by atoms with E-state index in [1.54, 1.807) is 13.0 Å². The second kappa shape index (κ2) is 4.26. The molecule has 0 amide bonds. The number of ether oxygens (including phenoxy) is 2. The van der Waals surface area contributed by atoms with Crippen LogP contribution in [0.15, 0.2) is 12.2 Å². The Morgan fingerprint density at radius 3 is 2.83 bits per heavy atom. The zero-order chi connectivity index (χ0) is 8.97. The van der Waals surface area contributed by atoms with Crippen LogP contribution in [0.5, 0.6) is 0 Å². The van der Waals surface area contributed by atoms with Crippen molar-refractivity contribution in [3.05, 3.63) is 12.2 Å². The molecule has 1 rings (SSSR count).